The molecule has 128 valence electrons. The van der Waals surface area contributed by atoms with Gasteiger partial charge in [-0.3, -0.25) is 4.79 Å². The van der Waals surface area contributed by atoms with Gasteiger partial charge in [0, 0.05) is 6.92 Å². The second-order valence-electron chi connectivity index (χ2n) is 5.62. The summed E-state index contributed by atoms with van der Waals surface area (Å²) in [5, 5.41) is 20.7. The number of carbonyl (C=O) groups is 1. The molecule has 2 aliphatic heterocycles. The third-order valence-corrected chi connectivity index (χ3v) is 3.95. The topological polar surface area (TPSA) is 101 Å². The van der Waals surface area contributed by atoms with Gasteiger partial charge in [0.1, 0.15) is 6.10 Å². The number of hydroxylamine groups is 2. The molecule has 5 atom stereocenters. The molecule has 0 radical (unpaired) electrons. The largest absolute Gasteiger partial charge is 0.457 e. The molecule has 0 spiro atoms. The normalized spacial score (nSPS) is 29.9. The van der Waals surface area contributed by atoms with Crippen LogP contribution >= 0.6 is 0 Å². The van der Waals surface area contributed by atoms with E-state index in [0.29, 0.717) is 0 Å². The van der Waals surface area contributed by atoms with Gasteiger partial charge in [-0.2, -0.15) is 10.3 Å². The summed E-state index contributed by atoms with van der Waals surface area (Å²) >= 11 is 0. The first-order valence-electron chi connectivity index (χ1n) is 7.55. The van der Waals surface area contributed by atoms with E-state index in [1.807, 2.05) is 36.4 Å². The highest BCUT2D eigenvalue weighted by Gasteiger charge is 2.55. The number of carbonyl (C=O) groups excluding carboxylic acids is 1. The minimum atomic E-state index is -1.05. The lowest BCUT2D eigenvalue weighted by Gasteiger charge is -2.29. The van der Waals surface area contributed by atoms with E-state index in [2.05, 4.69) is 0 Å². The maximum atomic E-state index is 11.4. The molecule has 24 heavy (non-hydrogen) atoms. The Bertz CT molecular complexity index is 619. The van der Waals surface area contributed by atoms with Crippen molar-refractivity contribution >= 4 is 5.97 Å². The third-order valence-electron chi connectivity index (χ3n) is 3.95. The zero-order valence-electron chi connectivity index (χ0n) is 13.1. The van der Waals surface area contributed by atoms with Gasteiger partial charge in [-0.15, -0.1) is 0 Å². The average molecular weight is 334 g/mol. The summed E-state index contributed by atoms with van der Waals surface area (Å²) < 4.78 is 21.6. The maximum Gasteiger partial charge on any atom is 0.303 e. The molecule has 1 N–H and O–H groups in total. The van der Waals surface area contributed by atoms with Crippen molar-refractivity contribution in [2.75, 3.05) is 6.79 Å². The number of fused-ring (bicyclic) bond motifs is 1. The summed E-state index contributed by atoms with van der Waals surface area (Å²) in [6.07, 6.45) is -3.05. The van der Waals surface area contributed by atoms with Crippen LogP contribution in [-0.4, -0.2) is 53.7 Å². The number of hydrogen-bond acceptors (Lipinski definition) is 8. The summed E-state index contributed by atoms with van der Waals surface area (Å²) in [6.45, 7) is 1.43. The SMILES string of the molecule is CC(=O)O[C@@H]1[C@H]2OCO[C@H]2O[C@@H]1[C@@H](C#N)N(O)Cc1ccccc1. The van der Waals surface area contributed by atoms with E-state index >= 15 is 0 Å². The summed E-state index contributed by atoms with van der Waals surface area (Å²) in [5.74, 6) is -0.519. The molecule has 1 aromatic rings. The fourth-order valence-electron chi connectivity index (χ4n) is 2.90. The van der Waals surface area contributed by atoms with Crippen LogP contribution in [0.3, 0.4) is 0 Å². The van der Waals surface area contributed by atoms with Crippen molar-refractivity contribution in [1.29, 1.82) is 5.26 Å². The third kappa shape index (κ3) is 3.40. The number of hydrogen-bond donors (Lipinski definition) is 1. The van der Waals surface area contributed by atoms with Gasteiger partial charge >= 0.3 is 5.97 Å². The molecule has 8 heteroatoms. The van der Waals surface area contributed by atoms with Crippen molar-refractivity contribution in [2.45, 2.75) is 44.1 Å². The minimum absolute atomic E-state index is 0.0316. The lowest BCUT2D eigenvalue weighted by atomic mass is 10.0. The molecule has 0 saturated carbocycles. The second-order valence-corrected chi connectivity index (χ2v) is 5.62. The van der Waals surface area contributed by atoms with Crippen molar-refractivity contribution in [3.05, 3.63) is 35.9 Å². The molecule has 3 rings (SSSR count). The van der Waals surface area contributed by atoms with Crippen LogP contribution in [0.2, 0.25) is 0 Å². The van der Waals surface area contributed by atoms with E-state index in [1.54, 1.807) is 0 Å². The van der Waals surface area contributed by atoms with Gasteiger partial charge in [0.05, 0.1) is 12.6 Å². The number of ether oxygens (including phenoxy) is 4. The predicted molar refractivity (Wildman–Crippen MR) is 78.2 cm³/mol. The predicted octanol–water partition coefficient (Wildman–Crippen LogP) is 0.799. The van der Waals surface area contributed by atoms with Gasteiger partial charge in [0.15, 0.2) is 31.3 Å². The van der Waals surface area contributed by atoms with Crippen molar-refractivity contribution in [1.82, 2.24) is 5.06 Å². The van der Waals surface area contributed by atoms with Crippen molar-refractivity contribution in [3.8, 4) is 6.07 Å². The summed E-state index contributed by atoms with van der Waals surface area (Å²) in [5.41, 5.74) is 0.829. The Balaban J connectivity index is 1.75. The second kappa shape index (κ2) is 7.25. The number of benzene rings is 1. The Morgan fingerprint density at radius 3 is 2.88 bits per heavy atom. The first kappa shape index (κ1) is 16.8. The highest BCUT2D eigenvalue weighted by Crippen LogP contribution is 2.34. The standard InChI is InChI=1S/C16H18N2O6/c1-10(19)23-14-13(24-16-15(14)21-9-22-16)12(7-17)18(20)8-11-5-3-2-4-6-11/h2-6,12-16,20H,8-9H2,1H3/t12-,13-,14+,15-,16+/m1/s1. The molecule has 1 aromatic carbocycles. The molecule has 0 amide bonds. The van der Waals surface area contributed by atoms with Gasteiger partial charge in [-0.1, -0.05) is 30.3 Å². The van der Waals surface area contributed by atoms with E-state index in [1.165, 1.54) is 6.92 Å². The van der Waals surface area contributed by atoms with Gasteiger partial charge in [-0.05, 0) is 5.56 Å². The van der Waals surface area contributed by atoms with Crippen LogP contribution in [-0.2, 0) is 30.3 Å². The molecule has 2 heterocycles. The quantitative estimate of drug-likeness (QED) is 0.623. The molecule has 0 unspecified atom stereocenters. The van der Waals surface area contributed by atoms with Crippen molar-refractivity contribution in [3.63, 3.8) is 0 Å². The first-order chi connectivity index (χ1) is 11.6. The zero-order valence-corrected chi connectivity index (χ0v) is 13.1. The Hall–Kier alpha value is -2.02. The van der Waals surface area contributed by atoms with Crippen LogP contribution < -0.4 is 0 Å². The monoisotopic (exact) mass is 334 g/mol. The Morgan fingerprint density at radius 1 is 1.46 bits per heavy atom. The van der Waals surface area contributed by atoms with Crippen molar-refractivity contribution in [2.24, 2.45) is 0 Å². The van der Waals surface area contributed by atoms with Crippen LogP contribution in [0.4, 0.5) is 0 Å². The van der Waals surface area contributed by atoms with Gasteiger partial charge in [0.25, 0.3) is 0 Å². The van der Waals surface area contributed by atoms with Crippen LogP contribution in [0.15, 0.2) is 30.3 Å². The average Bonchev–Trinajstić information content (AvgIpc) is 3.12. The van der Waals surface area contributed by atoms with E-state index < -0.39 is 36.6 Å². The Kier molecular flexibility index (Phi) is 5.08. The Labute approximate surface area is 139 Å². The zero-order chi connectivity index (χ0) is 17.1. The summed E-state index contributed by atoms with van der Waals surface area (Å²) in [7, 11) is 0. The molecule has 2 saturated heterocycles. The number of nitrogens with zero attached hydrogens (tertiary/aromatic N) is 2. The van der Waals surface area contributed by atoms with E-state index in [4.69, 9.17) is 18.9 Å². The maximum absolute atomic E-state index is 11.4. The molecule has 0 aliphatic carbocycles. The highest BCUT2D eigenvalue weighted by molar-refractivity contribution is 5.66. The molecular weight excluding hydrogens is 316 g/mol. The number of nitriles is 1. The van der Waals surface area contributed by atoms with Gasteiger partial charge in [0.2, 0.25) is 0 Å². The molecule has 2 fully saturated rings. The first-order valence-corrected chi connectivity index (χ1v) is 7.55. The fourth-order valence-corrected chi connectivity index (χ4v) is 2.90. The smallest absolute Gasteiger partial charge is 0.303 e. The number of rotatable bonds is 5. The summed E-state index contributed by atoms with van der Waals surface area (Å²) in [4.78, 5) is 11.4. The molecule has 8 nitrogen and oxygen atoms in total. The van der Waals surface area contributed by atoms with Crippen LogP contribution in [0.5, 0.6) is 0 Å². The van der Waals surface area contributed by atoms with Crippen LogP contribution in [0, 0.1) is 11.3 Å². The van der Waals surface area contributed by atoms with Crippen LogP contribution in [0.1, 0.15) is 12.5 Å². The highest BCUT2D eigenvalue weighted by atomic mass is 16.8. The molecule has 2 aliphatic rings. The lowest BCUT2D eigenvalue weighted by molar-refractivity contribution is -0.196. The van der Waals surface area contributed by atoms with E-state index in [-0.39, 0.29) is 13.3 Å². The van der Waals surface area contributed by atoms with E-state index in [9.17, 15) is 15.3 Å². The molecular formula is C16H18N2O6. The van der Waals surface area contributed by atoms with Gasteiger partial charge < -0.3 is 24.2 Å². The minimum Gasteiger partial charge on any atom is -0.457 e. The molecule has 0 bridgehead atoms. The van der Waals surface area contributed by atoms with E-state index in [0.717, 1.165) is 10.6 Å². The van der Waals surface area contributed by atoms with Crippen molar-refractivity contribution < 1.29 is 28.9 Å². The number of esters is 1. The van der Waals surface area contributed by atoms with Crippen LogP contribution in [0.25, 0.3) is 0 Å². The summed E-state index contributed by atoms with van der Waals surface area (Å²) in [6, 6.07) is 10.2. The lowest BCUT2D eigenvalue weighted by Crippen LogP contribution is -2.48. The Morgan fingerprint density at radius 2 is 2.21 bits per heavy atom. The molecule has 0 aromatic heterocycles. The van der Waals surface area contributed by atoms with Gasteiger partial charge in [-0.25, -0.2) is 0 Å². The fraction of sp³-hybridized carbons (Fsp3) is 0.500.